The molecule has 0 aliphatic heterocycles. The summed E-state index contributed by atoms with van der Waals surface area (Å²) in [4.78, 5) is 23.3. The van der Waals surface area contributed by atoms with E-state index in [2.05, 4.69) is 24.8 Å². The standard InChI is InChI=1S/C24H19F2N5O/c25-22(26)23-29-18-10-9-17(11-20(18)30-23)24(32)27-12-15-5-7-16(8-6-15)13-31-14-28-19-3-1-2-4-21(19)31/h1-11,14,22H,12-13H2,(H,27,32)(H,29,30). The highest BCUT2D eigenvalue weighted by Gasteiger charge is 2.14. The van der Waals surface area contributed by atoms with Gasteiger partial charge in [-0.2, -0.15) is 0 Å². The van der Waals surface area contributed by atoms with Gasteiger partial charge in [-0.05, 0) is 41.5 Å². The molecule has 0 saturated carbocycles. The lowest BCUT2D eigenvalue weighted by Gasteiger charge is -2.08. The topological polar surface area (TPSA) is 75.6 Å². The monoisotopic (exact) mass is 431 g/mol. The Balaban J connectivity index is 1.23. The van der Waals surface area contributed by atoms with Gasteiger partial charge in [0.05, 0.1) is 28.4 Å². The molecule has 8 heteroatoms. The number of imidazole rings is 2. The van der Waals surface area contributed by atoms with Crippen LogP contribution in [0, 0.1) is 0 Å². The molecule has 5 rings (SSSR count). The summed E-state index contributed by atoms with van der Waals surface area (Å²) in [6.07, 6.45) is -0.852. The normalized spacial score (nSPS) is 11.5. The van der Waals surface area contributed by atoms with Crippen LogP contribution < -0.4 is 5.32 Å². The first-order valence-corrected chi connectivity index (χ1v) is 10.1. The van der Waals surface area contributed by atoms with Crippen molar-refractivity contribution in [2.24, 2.45) is 0 Å². The Labute approximate surface area is 181 Å². The minimum atomic E-state index is -2.69. The summed E-state index contributed by atoms with van der Waals surface area (Å²) >= 11 is 0. The lowest BCUT2D eigenvalue weighted by molar-refractivity contribution is 0.0951. The molecular formula is C24H19F2N5O. The van der Waals surface area contributed by atoms with Crippen LogP contribution in [0.1, 0.15) is 33.7 Å². The second-order valence-electron chi connectivity index (χ2n) is 7.52. The van der Waals surface area contributed by atoms with Gasteiger partial charge in [-0.1, -0.05) is 36.4 Å². The predicted octanol–water partition coefficient (Wildman–Crippen LogP) is 4.83. The summed E-state index contributed by atoms with van der Waals surface area (Å²) in [6, 6.07) is 20.7. The molecular weight excluding hydrogens is 412 g/mol. The Kier molecular flexibility index (Phi) is 5.10. The smallest absolute Gasteiger partial charge is 0.295 e. The van der Waals surface area contributed by atoms with Crippen LogP contribution in [0.4, 0.5) is 8.78 Å². The fraction of sp³-hybridized carbons (Fsp3) is 0.125. The highest BCUT2D eigenvalue weighted by Crippen LogP contribution is 2.21. The van der Waals surface area contributed by atoms with Crippen molar-refractivity contribution in [1.29, 1.82) is 0 Å². The van der Waals surface area contributed by atoms with Crippen LogP contribution in [0.3, 0.4) is 0 Å². The zero-order valence-electron chi connectivity index (χ0n) is 16.9. The minimum absolute atomic E-state index is 0.283. The van der Waals surface area contributed by atoms with Crippen molar-refractivity contribution in [3.8, 4) is 0 Å². The Bertz CT molecular complexity index is 1410. The molecule has 0 spiro atoms. The van der Waals surface area contributed by atoms with Crippen molar-refractivity contribution in [3.63, 3.8) is 0 Å². The molecule has 5 aromatic rings. The number of H-pyrrole nitrogens is 1. The SMILES string of the molecule is O=C(NCc1ccc(Cn2cnc3ccccc32)cc1)c1ccc2nc(C(F)F)[nH]c2c1. The van der Waals surface area contributed by atoms with E-state index in [-0.39, 0.29) is 5.91 Å². The summed E-state index contributed by atoms with van der Waals surface area (Å²) in [6.45, 7) is 1.06. The molecule has 1 amide bonds. The quantitative estimate of drug-likeness (QED) is 0.404. The summed E-state index contributed by atoms with van der Waals surface area (Å²) < 4.78 is 27.7. The maximum atomic E-state index is 12.8. The van der Waals surface area contributed by atoms with Crippen LogP contribution in [0.15, 0.2) is 73.1 Å². The van der Waals surface area contributed by atoms with Crippen molar-refractivity contribution in [2.45, 2.75) is 19.5 Å². The van der Waals surface area contributed by atoms with Gasteiger partial charge in [0.2, 0.25) is 0 Å². The van der Waals surface area contributed by atoms with Crippen molar-refractivity contribution in [3.05, 3.63) is 95.6 Å². The fourth-order valence-corrected chi connectivity index (χ4v) is 3.65. The Morgan fingerprint density at radius 1 is 1.00 bits per heavy atom. The van der Waals surface area contributed by atoms with Crippen LogP contribution in [0.25, 0.3) is 22.1 Å². The van der Waals surface area contributed by atoms with Gasteiger partial charge in [0.25, 0.3) is 12.3 Å². The van der Waals surface area contributed by atoms with Gasteiger partial charge in [-0.15, -0.1) is 0 Å². The van der Waals surface area contributed by atoms with E-state index in [4.69, 9.17) is 0 Å². The molecule has 0 atom stereocenters. The van der Waals surface area contributed by atoms with Crippen molar-refractivity contribution in [1.82, 2.24) is 24.8 Å². The van der Waals surface area contributed by atoms with E-state index in [9.17, 15) is 13.6 Å². The highest BCUT2D eigenvalue weighted by atomic mass is 19.3. The van der Waals surface area contributed by atoms with Crippen LogP contribution >= 0.6 is 0 Å². The van der Waals surface area contributed by atoms with Crippen molar-refractivity contribution < 1.29 is 13.6 Å². The first-order valence-electron chi connectivity index (χ1n) is 10.1. The largest absolute Gasteiger partial charge is 0.348 e. The first kappa shape index (κ1) is 19.9. The number of amides is 1. The predicted molar refractivity (Wildman–Crippen MR) is 117 cm³/mol. The molecule has 6 nitrogen and oxygen atoms in total. The molecule has 0 bridgehead atoms. The molecule has 0 aliphatic rings. The zero-order valence-corrected chi connectivity index (χ0v) is 16.9. The van der Waals surface area contributed by atoms with E-state index in [0.717, 1.165) is 22.2 Å². The van der Waals surface area contributed by atoms with Crippen LogP contribution in [0.2, 0.25) is 0 Å². The van der Waals surface area contributed by atoms with Gasteiger partial charge in [-0.25, -0.2) is 18.7 Å². The van der Waals surface area contributed by atoms with E-state index >= 15 is 0 Å². The maximum absolute atomic E-state index is 12.8. The third kappa shape index (κ3) is 3.94. The van der Waals surface area contributed by atoms with Gasteiger partial charge < -0.3 is 14.9 Å². The van der Waals surface area contributed by atoms with Gasteiger partial charge in [-0.3, -0.25) is 4.79 Å². The number of nitrogens with zero attached hydrogens (tertiary/aromatic N) is 3. The Hall–Kier alpha value is -4.07. The lowest BCUT2D eigenvalue weighted by atomic mass is 10.1. The third-order valence-electron chi connectivity index (χ3n) is 5.33. The van der Waals surface area contributed by atoms with Crippen molar-refractivity contribution in [2.75, 3.05) is 0 Å². The number of hydrogen-bond acceptors (Lipinski definition) is 3. The molecule has 2 aromatic heterocycles. The number of benzene rings is 3. The lowest BCUT2D eigenvalue weighted by Crippen LogP contribution is -2.22. The summed E-state index contributed by atoms with van der Waals surface area (Å²) in [5.41, 5.74) is 5.32. The molecule has 0 radical (unpaired) electrons. The number of hydrogen-bond donors (Lipinski definition) is 2. The molecule has 2 heterocycles. The number of aromatic nitrogens is 4. The second-order valence-corrected chi connectivity index (χ2v) is 7.52. The summed E-state index contributed by atoms with van der Waals surface area (Å²) in [5, 5.41) is 2.86. The summed E-state index contributed by atoms with van der Waals surface area (Å²) in [7, 11) is 0. The zero-order chi connectivity index (χ0) is 22.1. The number of carbonyl (C=O) groups excluding carboxylic acids is 1. The second kappa shape index (κ2) is 8.22. The van der Waals surface area contributed by atoms with E-state index < -0.39 is 12.2 Å². The van der Waals surface area contributed by atoms with E-state index in [1.807, 2.05) is 54.9 Å². The number of fused-ring (bicyclic) bond motifs is 2. The molecule has 0 unspecified atom stereocenters. The maximum Gasteiger partial charge on any atom is 0.295 e. The number of halogens is 2. The van der Waals surface area contributed by atoms with E-state index in [1.54, 1.807) is 12.1 Å². The number of alkyl halides is 2. The van der Waals surface area contributed by atoms with Gasteiger partial charge in [0, 0.05) is 18.7 Å². The van der Waals surface area contributed by atoms with E-state index in [1.165, 1.54) is 6.07 Å². The highest BCUT2D eigenvalue weighted by molar-refractivity contribution is 5.97. The van der Waals surface area contributed by atoms with E-state index in [0.29, 0.717) is 29.7 Å². The number of nitrogens with one attached hydrogen (secondary N) is 2. The Morgan fingerprint density at radius 2 is 1.78 bits per heavy atom. The fourth-order valence-electron chi connectivity index (χ4n) is 3.65. The number of carbonyl (C=O) groups is 1. The average Bonchev–Trinajstić information content (AvgIpc) is 3.42. The molecule has 32 heavy (non-hydrogen) atoms. The molecule has 0 fully saturated rings. The van der Waals surface area contributed by atoms with Crippen LogP contribution in [-0.4, -0.2) is 25.4 Å². The number of aromatic amines is 1. The van der Waals surface area contributed by atoms with Crippen molar-refractivity contribution >= 4 is 28.0 Å². The van der Waals surface area contributed by atoms with Gasteiger partial charge in [0.1, 0.15) is 0 Å². The third-order valence-corrected chi connectivity index (χ3v) is 5.33. The van der Waals surface area contributed by atoms with Gasteiger partial charge in [0.15, 0.2) is 5.82 Å². The number of rotatable bonds is 6. The first-order chi connectivity index (χ1) is 15.6. The molecule has 2 N–H and O–H groups in total. The Morgan fingerprint density at radius 3 is 2.59 bits per heavy atom. The summed E-state index contributed by atoms with van der Waals surface area (Å²) in [5.74, 6) is -0.685. The molecule has 160 valence electrons. The number of para-hydroxylation sites is 2. The molecule has 0 aliphatic carbocycles. The van der Waals surface area contributed by atoms with Crippen LogP contribution in [-0.2, 0) is 13.1 Å². The minimum Gasteiger partial charge on any atom is -0.348 e. The molecule has 3 aromatic carbocycles. The average molecular weight is 431 g/mol. The van der Waals surface area contributed by atoms with Crippen LogP contribution in [0.5, 0.6) is 0 Å². The van der Waals surface area contributed by atoms with Gasteiger partial charge >= 0.3 is 0 Å². The molecule has 0 saturated heterocycles.